The molecule has 94 valence electrons. The lowest BCUT2D eigenvalue weighted by Gasteiger charge is -2.02. The summed E-state index contributed by atoms with van der Waals surface area (Å²) >= 11 is 3.52. The van der Waals surface area contributed by atoms with Crippen molar-refractivity contribution in [2.45, 2.75) is 32.4 Å². The second-order valence-corrected chi connectivity index (χ2v) is 5.85. The molecule has 1 saturated carbocycles. The number of hydrogen-bond acceptors (Lipinski definition) is 2. The molecule has 0 atom stereocenters. The van der Waals surface area contributed by atoms with Crippen LogP contribution in [0.15, 0.2) is 39.2 Å². The zero-order valence-electron chi connectivity index (χ0n) is 10.4. The van der Waals surface area contributed by atoms with Crippen LogP contribution in [0.5, 0.6) is 0 Å². The van der Waals surface area contributed by atoms with E-state index < -0.39 is 0 Å². The van der Waals surface area contributed by atoms with Gasteiger partial charge in [-0.25, -0.2) is 0 Å². The number of nitrogens with one attached hydrogen (secondary N) is 1. The van der Waals surface area contributed by atoms with Crippen molar-refractivity contribution in [2.75, 3.05) is 0 Å². The molecule has 2 nitrogen and oxygen atoms in total. The van der Waals surface area contributed by atoms with E-state index in [1.165, 1.54) is 18.4 Å². The Morgan fingerprint density at radius 1 is 1.28 bits per heavy atom. The molecule has 1 N–H and O–H groups in total. The van der Waals surface area contributed by atoms with E-state index in [9.17, 15) is 0 Å². The Morgan fingerprint density at radius 3 is 2.83 bits per heavy atom. The molecule has 1 aromatic carbocycles. The zero-order valence-corrected chi connectivity index (χ0v) is 12.0. The van der Waals surface area contributed by atoms with Crippen LogP contribution in [0.3, 0.4) is 0 Å². The lowest BCUT2D eigenvalue weighted by atomic mass is 10.1. The van der Waals surface area contributed by atoms with Crippen LogP contribution < -0.4 is 5.32 Å². The summed E-state index contributed by atoms with van der Waals surface area (Å²) in [5, 5.41) is 3.46. The second kappa shape index (κ2) is 4.90. The average molecular weight is 306 g/mol. The van der Waals surface area contributed by atoms with Gasteiger partial charge in [-0.3, -0.25) is 0 Å². The summed E-state index contributed by atoms with van der Waals surface area (Å²) in [5.41, 5.74) is 2.35. The van der Waals surface area contributed by atoms with Crippen LogP contribution in [0.1, 0.15) is 24.2 Å². The van der Waals surface area contributed by atoms with E-state index in [0.29, 0.717) is 6.04 Å². The number of furan rings is 1. The molecule has 0 amide bonds. The van der Waals surface area contributed by atoms with Crippen LogP contribution in [0, 0.1) is 6.92 Å². The SMILES string of the molecule is Cc1cc(Br)cc(-c2ccc(CNC3CC3)o2)c1. The molecule has 0 bridgehead atoms. The van der Waals surface area contributed by atoms with Gasteiger partial charge in [0.2, 0.25) is 0 Å². The molecule has 1 fully saturated rings. The normalized spacial score (nSPS) is 15.0. The van der Waals surface area contributed by atoms with Gasteiger partial charge in [0.1, 0.15) is 11.5 Å². The molecule has 18 heavy (non-hydrogen) atoms. The Labute approximate surface area is 116 Å². The minimum absolute atomic E-state index is 0.715. The van der Waals surface area contributed by atoms with E-state index in [0.717, 1.165) is 28.1 Å². The van der Waals surface area contributed by atoms with Crippen molar-refractivity contribution in [1.29, 1.82) is 0 Å². The maximum Gasteiger partial charge on any atom is 0.134 e. The van der Waals surface area contributed by atoms with Gasteiger partial charge in [0.15, 0.2) is 0 Å². The van der Waals surface area contributed by atoms with Crippen molar-refractivity contribution in [3.8, 4) is 11.3 Å². The van der Waals surface area contributed by atoms with Gasteiger partial charge in [0, 0.05) is 16.1 Å². The van der Waals surface area contributed by atoms with E-state index >= 15 is 0 Å². The maximum atomic E-state index is 5.87. The third-order valence-corrected chi connectivity index (χ3v) is 3.59. The summed E-state index contributed by atoms with van der Waals surface area (Å²) in [6.45, 7) is 2.92. The molecular weight excluding hydrogens is 290 g/mol. The highest BCUT2D eigenvalue weighted by atomic mass is 79.9. The fourth-order valence-electron chi connectivity index (χ4n) is 2.04. The molecule has 0 aliphatic heterocycles. The Bertz CT molecular complexity index is 537. The minimum atomic E-state index is 0.715. The maximum absolute atomic E-state index is 5.87. The third kappa shape index (κ3) is 2.85. The van der Waals surface area contributed by atoms with Gasteiger partial charge in [-0.2, -0.15) is 0 Å². The highest BCUT2D eigenvalue weighted by molar-refractivity contribution is 9.10. The standard InChI is InChI=1S/C15H16BrNO/c1-10-6-11(8-12(16)7-10)15-5-4-14(18-15)9-17-13-2-3-13/h4-8,13,17H,2-3,9H2,1H3. The molecule has 1 heterocycles. The van der Waals surface area contributed by atoms with Gasteiger partial charge in [-0.15, -0.1) is 0 Å². The molecule has 0 spiro atoms. The number of halogens is 1. The summed E-state index contributed by atoms with van der Waals surface area (Å²) in [6.07, 6.45) is 2.61. The summed E-state index contributed by atoms with van der Waals surface area (Å²) in [4.78, 5) is 0. The van der Waals surface area contributed by atoms with Crippen molar-refractivity contribution in [3.05, 3.63) is 46.1 Å². The van der Waals surface area contributed by atoms with Crippen LogP contribution in [-0.4, -0.2) is 6.04 Å². The molecule has 1 aliphatic rings. The minimum Gasteiger partial charge on any atom is -0.460 e. The summed E-state index contributed by atoms with van der Waals surface area (Å²) in [7, 11) is 0. The Kier molecular flexibility index (Phi) is 3.27. The molecule has 0 saturated heterocycles. The van der Waals surface area contributed by atoms with Crippen LogP contribution >= 0.6 is 15.9 Å². The second-order valence-electron chi connectivity index (χ2n) is 4.94. The quantitative estimate of drug-likeness (QED) is 0.912. The van der Waals surface area contributed by atoms with E-state index in [2.05, 4.69) is 52.4 Å². The summed E-state index contributed by atoms with van der Waals surface area (Å²) in [5.74, 6) is 1.95. The zero-order chi connectivity index (χ0) is 12.5. The fourth-order valence-corrected chi connectivity index (χ4v) is 2.65. The fraction of sp³-hybridized carbons (Fsp3) is 0.333. The Balaban J connectivity index is 1.78. The number of rotatable bonds is 4. The molecule has 1 aliphatic carbocycles. The van der Waals surface area contributed by atoms with E-state index in [-0.39, 0.29) is 0 Å². The van der Waals surface area contributed by atoms with Crippen LogP contribution in [0.25, 0.3) is 11.3 Å². The van der Waals surface area contributed by atoms with Gasteiger partial charge in [-0.05, 0) is 55.7 Å². The predicted molar refractivity (Wildman–Crippen MR) is 76.4 cm³/mol. The smallest absolute Gasteiger partial charge is 0.134 e. The van der Waals surface area contributed by atoms with Crippen molar-refractivity contribution >= 4 is 15.9 Å². The largest absolute Gasteiger partial charge is 0.460 e. The molecule has 0 unspecified atom stereocenters. The lowest BCUT2D eigenvalue weighted by Crippen LogP contribution is -2.14. The highest BCUT2D eigenvalue weighted by Gasteiger charge is 2.20. The molecular formula is C15H16BrNO. The Hall–Kier alpha value is -1.06. The lowest BCUT2D eigenvalue weighted by molar-refractivity contribution is 0.492. The van der Waals surface area contributed by atoms with Crippen molar-refractivity contribution in [3.63, 3.8) is 0 Å². The van der Waals surface area contributed by atoms with Crippen molar-refractivity contribution < 1.29 is 4.42 Å². The first-order valence-electron chi connectivity index (χ1n) is 6.30. The van der Waals surface area contributed by atoms with Gasteiger partial charge in [0.25, 0.3) is 0 Å². The van der Waals surface area contributed by atoms with Crippen LogP contribution in [0.4, 0.5) is 0 Å². The first kappa shape index (κ1) is 12.0. The average Bonchev–Trinajstić information content (AvgIpc) is 3.02. The molecule has 2 aromatic rings. The van der Waals surface area contributed by atoms with Crippen molar-refractivity contribution in [2.24, 2.45) is 0 Å². The first-order valence-corrected chi connectivity index (χ1v) is 7.10. The van der Waals surface area contributed by atoms with E-state index in [1.807, 2.05) is 6.07 Å². The molecule has 3 heteroatoms. The van der Waals surface area contributed by atoms with Crippen molar-refractivity contribution in [1.82, 2.24) is 5.32 Å². The number of aryl methyl sites for hydroxylation is 1. The molecule has 0 radical (unpaired) electrons. The van der Waals surface area contributed by atoms with Gasteiger partial charge < -0.3 is 9.73 Å². The predicted octanol–water partition coefficient (Wildman–Crippen LogP) is 4.27. The van der Waals surface area contributed by atoms with Crippen LogP contribution in [0.2, 0.25) is 0 Å². The topological polar surface area (TPSA) is 25.2 Å². The summed E-state index contributed by atoms with van der Waals surface area (Å²) in [6, 6.07) is 11.1. The van der Waals surface area contributed by atoms with Gasteiger partial charge in [0.05, 0.1) is 6.54 Å². The number of benzene rings is 1. The monoisotopic (exact) mass is 305 g/mol. The number of hydrogen-bond donors (Lipinski definition) is 1. The van der Waals surface area contributed by atoms with E-state index in [4.69, 9.17) is 4.42 Å². The first-order chi connectivity index (χ1) is 8.70. The highest BCUT2D eigenvalue weighted by Crippen LogP contribution is 2.27. The van der Waals surface area contributed by atoms with Crippen LogP contribution in [-0.2, 0) is 6.54 Å². The van der Waals surface area contributed by atoms with Gasteiger partial charge in [-0.1, -0.05) is 15.9 Å². The molecule has 3 rings (SSSR count). The Morgan fingerprint density at radius 2 is 2.11 bits per heavy atom. The van der Waals surface area contributed by atoms with E-state index in [1.54, 1.807) is 0 Å². The summed E-state index contributed by atoms with van der Waals surface area (Å²) < 4.78 is 6.96. The molecule has 1 aromatic heterocycles. The van der Waals surface area contributed by atoms with Gasteiger partial charge >= 0.3 is 0 Å². The third-order valence-electron chi connectivity index (χ3n) is 3.13.